The number of hydrogen-bond acceptors (Lipinski definition) is 5. The van der Waals surface area contributed by atoms with E-state index in [0.29, 0.717) is 23.3 Å². The van der Waals surface area contributed by atoms with Gasteiger partial charge < -0.3 is 5.32 Å². The van der Waals surface area contributed by atoms with E-state index >= 15 is 0 Å². The van der Waals surface area contributed by atoms with E-state index < -0.39 is 6.67 Å². The van der Waals surface area contributed by atoms with Gasteiger partial charge in [-0.15, -0.1) is 5.10 Å². The maximum absolute atomic E-state index is 13.4. The summed E-state index contributed by atoms with van der Waals surface area (Å²) in [4.78, 5) is 14.1. The average Bonchev–Trinajstić information content (AvgIpc) is 3.47. The standard InChI is InChI=1S/C20H21FN6/c21-11-13-5-1-2-6-14(13)18-22-16-8-4-3-7-15(16)19(23-18)25-20-24-17(26-27-20)12-9-10-12/h1-2,5-6,12H,3-4,7-11H2,(H2,22,23,24,25,26,27). The molecule has 1 aromatic carbocycles. The molecule has 5 rings (SSSR count). The molecular formula is C20H21FN6. The van der Waals surface area contributed by atoms with Crippen LogP contribution in [0.5, 0.6) is 0 Å². The van der Waals surface area contributed by atoms with Crippen molar-refractivity contribution < 1.29 is 4.39 Å². The summed E-state index contributed by atoms with van der Waals surface area (Å²) in [5, 5.41) is 10.6. The molecule has 2 aliphatic carbocycles. The van der Waals surface area contributed by atoms with Crippen molar-refractivity contribution in [2.45, 2.75) is 51.1 Å². The minimum atomic E-state index is -0.537. The maximum Gasteiger partial charge on any atom is 0.247 e. The molecule has 1 fully saturated rings. The first kappa shape index (κ1) is 16.4. The first-order valence-corrected chi connectivity index (χ1v) is 9.55. The van der Waals surface area contributed by atoms with Crippen LogP contribution in [0, 0.1) is 0 Å². The molecule has 2 aromatic heterocycles. The van der Waals surface area contributed by atoms with E-state index in [-0.39, 0.29) is 0 Å². The van der Waals surface area contributed by atoms with Gasteiger partial charge >= 0.3 is 0 Å². The lowest BCUT2D eigenvalue weighted by molar-refractivity contribution is 0.486. The third-order valence-electron chi connectivity index (χ3n) is 5.28. The second-order valence-corrected chi connectivity index (χ2v) is 7.26. The van der Waals surface area contributed by atoms with Crippen LogP contribution in [0.2, 0.25) is 0 Å². The SMILES string of the molecule is FCc1ccccc1-c1nc2c(c(Nc3n[nH]c(C4CC4)n3)n1)CCCC2. The minimum Gasteiger partial charge on any atom is -0.307 e. The van der Waals surface area contributed by atoms with Gasteiger partial charge in [0.2, 0.25) is 5.95 Å². The fourth-order valence-corrected chi connectivity index (χ4v) is 3.65. The number of alkyl halides is 1. The summed E-state index contributed by atoms with van der Waals surface area (Å²) in [6.45, 7) is -0.537. The third kappa shape index (κ3) is 3.18. The van der Waals surface area contributed by atoms with Crippen LogP contribution in [0.1, 0.15) is 54.2 Å². The lowest BCUT2D eigenvalue weighted by atomic mass is 9.96. The van der Waals surface area contributed by atoms with Gasteiger partial charge in [-0.1, -0.05) is 24.3 Å². The molecule has 7 heteroatoms. The number of benzene rings is 1. The summed E-state index contributed by atoms with van der Waals surface area (Å²) < 4.78 is 13.4. The van der Waals surface area contributed by atoms with Crippen molar-refractivity contribution in [3.05, 3.63) is 46.9 Å². The quantitative estimate of drug-likeness (QED) is 0.708. The zero-order valence-corrected chi connectivity index (χ0v) is 15.0. The van der Waals surface area contributed by atoms with Crippen molar-refractivity contribution >= 4 is 11.8 Å². The highest BCUT2D eigenvalue weighted by atomic mass is 19.1. The van der Waals surface area contributed by atoms with Gasteiger partial charge in [0.05, 0.1) is 0 Å². The summed E-state index contributed by atoms with van der Waals surface area (Å²) in [6, 6.07) is 7.38. The van der Waals surface area contributed by atoms with Crippen molar-refractivity contribution in [1.82, 2.24) is 25.1 Å². The van der Waals surface area contributed by atoms with Crippen LogP contribution in [0.15, 0.2) is 24.3 Å². The van der Waals surface area contributed by atoms with Gasteiger partial charge in [0, 0.05) is 22.7 Å². The fraction of sp³-hybridized carbons (Fsp3) is 0.400. The summed E-state index contributed by atoms with van der Waals surface area (Å²) in [6.07, 6.45) is 6.41. The molecule has 0 bridgehead atoms. The third-order valence-corrected chi connectivity index (χ3v) is 5.28. The molecule has 0 atom stereocenters. The Morgan fingerprint density at radius 2 is 1.93 bits per heavy atom. The second-order valence-electron chi connectivity index (χ2n) is 7.26. The van der Waals surface area contributed by atoms with E-state index in [1.54, 1.807) is 6.07 Å². The highest BCUT2D eigenvalue weighted by Crippen LogP contribution is 2.38. The van der Waals surface area contributed by atoms with Gasteiger partial charge in [0.15, 0.2) is 5.82 Å². The van der Waals surface area contributed by atoms with Crippen LogP contribution in [-0.4, -0.2) is 25.1 Å². The summed E-state index contributed by atoms with van der Waals surface area (Å²) in [5.74, 6) is 3.28. The van der Waals surface area contributed by atoms with Gasteiger partial charge in [-0.2, -0.15) is 4.98 Å². The van der Waals surface area contributed by atoms with Crippen LogP contribution in [0.4, 0.5) is 16.2 Å². The van der Waals surface area contributed by atoms with Crippen LogP contribution in [0.25, 0.3) is 11.4 Å². The molecule has 0 aliphatic heterocycles. The van der Waals surface area contributed by atoms with Crippen LogP contribution < -0.4 is 5.32 Å². The molecule has 0 spiro atoms. The Kier molecular flexibility index (Phi) is 4.07. The van der Waals surface area contributed by atoms with Crippen molar-refractivity contribution in [3.63, 3.8) is 0 Å². The molecule has 138 valence electrons. The first-order chi connectivity index (χ1) is 13.3. The van der Waals surface area contributed by atoms with Crippen LogP contribution >= 0.6 is 0 Å². The number of aromatic nitrogens is 5. The number of H-pyrrole nitrogens is 1. The highest BCUT2D eigenvalue weighted by molar-refractivity contribution is 5.65. The van der Waals surface area contributed by atoms with Crippen molar-refractivity contribution in [2.24, 2.45) is 0 Å². The minimum absolute atomic E-state index is 0.513. The molecule has 6 nitrogen and oxygen atoms in total. The molecule has 0 radical (unpaired) electrons. The van der Waals surface area contributed by atoms with Gasteiger partial charge in [-0.05, 0) is 44.1 Å². The molecule has 0 saturated heterocycles. The molecular weight excluding hydrogens is 343 g/mol. The smallest absolute Gasteiger partial charge is 0.247 e. The van der Waals surface area contributed by atoms with E-state index in [0.717, 1.165) is 54.1 Å². The molecule has 2 heterocycles. The normalized spacial score (nSPS) is 16.2. The lowest BCUT2D eigenvalue weighted by Crippen LogP contribution is -2.12. The number of nitrogens with one attached hydrogen (secondary N) is 2. The number of anilines is 2. The molecule has 2 aliphatic rings. The number of hydrogen-bond donors (Lipinski definition) is 2. The van der Waals surface area contributed by atoms with Crippen LogP contribution in [0.3, 0.4) is 0 Å². The molecule has 1 saturated carbocycles. The highest BCUT2D eigenvalue weighted by Gasteiger charge is 2.27. The van der Waals surface area contributed by atoms with E-state index in [1.165, 1.54) is 12.8 Å². The number of halogens is 1. The Hall–Kier alpha value is -2.83. The zero-order valence-electron chi connectivity index (χ0n) is 15.0. The van der Waals surface area contributed by atoms with E-state index in [9.17, 15) is 4.39 Å². The van der Waals surface area contributed by atoms with Crippen molar-refractivity contribution in [1.29, 1.82) is 0 Å². The Bertz CT molecular complexity index is 978. The van der Waals surface area contributed by atoms with Gasteiger partial charge in [0.1, 0.15) is 18.3 Å². The summed E-state index contributed by atoms with van der Waals surface area (Å²) in [5.41, 5.74) is 3.51. The topological polar surface area (TPSA) is 79.4 Å². The number of aryl methyl sites for hydroxylation is 1. The largest absolute Gasteiger partial charge is 0.307 e. The average molecular weight is 364 g/mol. The summed E-state index contributed by atoms with van der Waals surface area (Å²) >= 11 is 0. The maximum atomic E-state index is 13.4. The Labute approximate surface area is 156 Å². The second kappa shape index (κ2) is 6.72. The zero-order chi connectivity index (χ0) is 18.2. The van der Waals surface area contributed by atoms with Gasteiger partial charge in [-0.25, -0.2) is 14.4 Å². The van der Waals surface area contributed by atoms with Gasteiger partial charge in [0.25, 0.3) is 0 Å². The lowest BCUT2D eigenvalue weighted by Gasteiger charge is -2.19. The van der Waals surface area contributed by atoms with Crippen molar-refractivity contribution in [3.8, 4) is 11.4 Å². The molecule has 2 N–H and O–H groups in total. The van der Waals surface area contributed by atoms with E-state index in [4.69, 9.17) is 9.97 Å². The molecule has 27 heavy (non-hydrogen) atoms. The number of rotatable bonds is 5. The first-order valence-electron chi connectivity index (χ1n) is 9.55. The van der Waals surface area contributed by atoms with E-state index in [2.05, 4.69) is 20.5 Å². The van der Waals surface area contributed by atoms with Gasteiger partial charge in [-0.3, -0.25) is 5.10 Å². The fourth-order valence-electron chi connectivity index (χ4n) is 3.65. The molecule has 0 amide bonds. The Morgan fingerprint density at radius 3 is 2.78 bits per heavy atom. The summed E-state index contributed by atoms with van der Waals surface area (Å²) in [7, 11) is 0. The number of aromatic amines is 1. The number of nitrogens with zero attached hydrogens (tertiary/aromatic N) is 4. The Balaban J connectivity index is 1.56. The number of fused-ring (bicyclic) bond motifs is 1. The Morgan fingerprint density at radius 1 is 1.07 bits per heavy atom. The molecule has 3 aromatic rings. The predicted octanol–water partition coefficient (Wildman–Crippen LogP) is 4.23. The monoisotopic (exact) mass is 364 g/mol. The molecule has 0 unspecified atom stereocenters. The van der Waals surface area contributed by atoms with E-state index in [1.807, 2.05) is 18.2 Å². The predicted molar refractivity (Wildman–Crippen MR) is 101 cm³/mol. The van der Waals surface area contributed by atoms with Crippen LogP contribution in [-0.2, 0) is 19.5 Å². The van der Waals surface area contributed by atoms with Crippen molar-refractivity contribution in [2.75, 3.05) is 5.32 Å².